The predicted molar refractivity (Wildman–Crippen MR) is 164 cm³/mol. The fourth-order valence-electron chi connectivity index (χ4n) is 12.0. The Hall–Kier alpha value is -0.0800. The van der Waals surface area contributed by atoms with E-state index in [0.29, 0.717) is 16.7 Å². The maximum atomic E-state index is 11.6. The molecule has 5 aliphatic rings. The largest absolute Gasteiger partial charge is 0.390 e. The van der Waals surface area contributed by atoms with Crippen molar-refractivity contribution in [2.24, 2.45) is 63.6 Å². The van der Waals surface area contributed by atoms with Crippen LogP contribution in [0.5, 0.6) is 0 Å². The van der Waals surface area contributed by atoms with Crippen LogP contribution in [0.15, 0.2) is 0 Å². The van der Waals surface area contributed by atoms with E-state index in [1.165, 1.54) is 70.6 Å². The fraction of sp³-hybridized carbons (Fsp3) is 1.00. The van der Waals surface area contributed by atoms with Gasteiger partial charge in [-0.2, -0.15) is 0 Å². The third-order valence-electron chi connectivity index (χ3n) is 14.8. The van der Waals surface area contributed by atoms with Gasteiger partial charge >= 0.3 is 0 Å². The van der Waals surface area contributed by atoms with Gasteiger partial charge in [0.1, 0.15) is 0 Å². The topological polar surface area (TPSA) is 40.5 Å². The van der Waals surface area contributed by atoms with Gasteiger partial charge in [0.2, 0.25) is 0 Å². The quantitative estimate of drug-likeness (QED) is 0.350. The molecule has 5 rings (SSSR count). The van der Waals surface area contributed by atoms with Crippen molar-refractivity contribution in [1.82, 2.24) is 0 Å². The standard InChI is InChI=1S/C37H66O2/c1-25(2)23-27-14-19-36(38,20-15-27)18-13-26(3)30-11-12-31-29-10-9-28-24-37(39,33(4,5)6)22-21-34(28,7)32(29)16-17-35(30,31)8/h25-32,38-39H,9-24H2,1-8H3/t26-,27?,28+,29+,30-,31+,32+,34+,35-,36?,37+/m1/s1. The molecular formula is C37H66O2. The molecule has 2 heteroatoms. The molecule has 0 aliphatic heterocycles. The molecule has 39 heavy (non-hydrogen) atoms. The minimum Gasteiger partial charge on any atom is -0.390 e. The van der Waals surface area contributed by atoms with Gasteiger partial charge < -0.3 is 10.2 Å². The van der Waals surface area contributed by atoms with Crippen molar-refractivity contribution >= 4 is 0 Å². The molecule has 0 aromatic heterocycles. The second-order valence-electron chi connectivity index (χ2n) is 18.2. The molecule has 5 aliphatic carbocycles. The zero-order valence-corrected chi connectivity index (χ0v) is 27.3. The van der Waals surface area contributed by atoms with Gasteiger partial charge in [-0.3, -0.25) is 0 Å². The van der Waals surface area contributed by atoms with Crippen molar-refractivity contribution in [3.05, 3.63) is 0 Å². The zero-order chi connectivity index (χ0) is 28.4. The molecule has 226 valence electrons. The first kappa shape index (κ1) is 30.4. The summed E-state index contributed by atoms with van der Waals surface area (Å²) >= 11 is 0. The average Bonchev–Trinajstić information content (AvgIpc) is 3.21. The molecule has 0 bridgehead atoms. The van der Waals surface area contributed by atoms with Gasteiger partial charge in [0, 0.05) is 0 Å². The summed E-state index contributed by atoms with van der Waals surface area (Å²) in [6.07, 6.45) is 19.8. The van der Waals surface area contributed by atoms with Gasteiger partial charge in [0.25, 0.3) is 0 Å². The summed E-state index contributed by atoms with van der Waals surface area (Å²) in [6.45, 7) is 19.3. The lowest BCUT2D eigenvalue weighted by Crippen LogP contribution is -2.58. The Morgan fingerprint density at radius 2 is 1.41 bits per heavy atom. The average molecular weight is 543 g/mol. The fourth-order valence-corrected chi connectivity index (χ4v) is 12.0. The summed E-state index contributed by atoms with van der Waals surface area (Å²) in [5, 5.41) is 23.1. The maximum absolute atomic E-state index is 11.6. The first-order chi connectivity index (χ1) is 18.1. The molecular weight excluding hydrogens is 476 g/mol. The molecule has 0 unspecified atom stereocenters. The van der Waals surface area contributed by atoms with E-state index in [1.807, 2.05) is 0 Å². The van der Waals surface area contributed by atoms with E-state index < -0.39 is 5.60 Å². The molecule has 0 spiro atoms. The number of aliphatic hydroxyl groups is 2. The third kappa shape index (κ3) is 5.43. The van der Waals surface area contributed by atoms with Crippen LogP contribution in [0.25, 0.3) is 0 Å². The molecule has 2 nitrogen and oxygen atoms in total. The van der Waals surface area contributed by atoms with E-state index >= 15 is 0 Å². The molecule has 0 radical (unpaired) electrons. The van der Waals surface area contributed by atoms with E-state index in [2.05, 4.69) is 55.4 Å². The highest BCUT2D eigenvalue weighted by molar-refractivity contribution is 5.12. The minimum absolute atomic E-state index is 0.0221. The SMILES string of the molecule is CC(C)CC1CCC(O)(CC[C@@H](C)[C@H]2CC[C@H]3[C@@H]4CC[C@H]5C[C@](O)(C(C)(C)C)CC[C@]5(C)[C@H]4CC[C@]23C)CC1. The first-order valence-electron chi connectivity index (χ1n) is 17.5. The Morgan fingerprint density at radius 1 is 0.744 bits per heavy atom. The van der Waals surface area contributed by atoms with Crippen molar-refractivity contribution in [3.63, 3.8) is 0 Å². The smallest absolute Gasteiger partial charge is 0.0698 e. The van der Waals surface area contributed by atoms with Gasteiger partial charge in [0.05, 0.1) is 11.2 Å². The Balaban J connectivity index is 1.20. The molecule has 5 fully saturated rings. The van der Waals surface area contributed by atoms with Crippen molar-refractivity contribution in [2.75, 3.05) is 0 Å². The highest BCUT2D eigenvalue weighted by atomic mass is 16.3. The molecule has 2 N–H and O–H groups in total. The lowest BCUT2D eigenvalue weighted by molar-refractivity contribution is -0.179. The van der Waals surface area contributed by atoms with Crippen molar-refractivity contribution in [2.45, 2.75) is 169 Å². The number of hydrogen-bond donors (Lipinski definition) is 2. The molecule has 0 amide bonds. The van der Waals surface area contributed by atoms with Gasteiger partial charge in [-0.1, -0.05) is 55.4 Å². The molecule has 0 aromatic carbocycles. The van der Waals surface area contributed by atoms with Crippen LogP contribution < -0.4 is 0 Å². The van der Waals surface area contributed by atoms with Crippen molar-refractivity contribution in [1.29, 1.82) is 0 Å². The molecule has 9 atom stereocenters. The lowest BCUT2D eigenvalue weighted by atomic mass is 9.42. The van der Waals surface area contributed by atoms with Crippen LogP contribution in [0, 0.1) is 63.6 Å². The Labute approximate surface area is 242 Å². The molecule has 0 saturated heterocycles. The summed E-state index contributed by atoms with van der Waals surface area (Å²) in [5.41, 5.74) is 0.0387. The monoisotopic (exact) mass is 543 g/mol. The van der Waals surface area contributed by atoms with E-state index in [0.717, 1.165) is 73.5 Å². The van der Waals surface area contributed by atoms with Crippen LogP contribution in [0.1, 0.15) is 158 Å². The van der Waals surface area contributed by atoms with Crippen LogP contribution in [0.2, 0.25) is 0 Å². The second-order valence-corrected chi connectivity index (χ2v) is 18.2. The van der Waals surface area contributed by atoms with Gasteiger partial charge in [-0.25, -0.2) is 0 Å². The summed E-state index contributed by atoms with van der Waals surface area (Å²) in [4.78, 5) is 0. The zero-order valence-electron chi connectivity index (χ0n) is 27.3. The maximum Gasteiger partial charge on any atom is 0.0698 e. The van der Waals surface area contributed by atoms with E-state index in [9.17, 15) is 10.2 Å². The first-order valence-corrected chi connectivity index (χ1v) is 17.5. The van der Waals surface area contributed by atoms with E-state index in [-0.39, 0.29) is 11.0 Å². The summed E-state index contributed by atoms with van der Waals surface area (Å²) in [5.74, 6) is 6.58. The predicted octanol–water partition coefficient (Wildman–Crippen LogP) is 9.81. The minimum atomic E-state index is -0.487. The summed E-state index contributed by atoms with van der Waals surface area (Å²) < 4.78 is 0. The van der Waals surface area contributed by atoms with Crippen molar-refractivity contribution < 1.29 is 10.2 Å². The number of rotatable bonds is 6. The van der Waals surface area contributed by atoms with Crippen LogP contribution in [-0.4, -0.2) is 21.4 Å². The van der Waals surface area contributed by atoms with Gasteiger partial charge in [-0.05, 0) is 166 Å². The summed E-state index contributed by atoms with van der Waals surface area (Å²) in [7, 11) is 0. The Morgan fingerprint density at radius 3 is 2.05 bits per heavy atom. The van der Waals surface area contributed by atoms with Crippen LogP contribution >= 0.6 is 0 Å². The lowest BCUT2D eigenvalue weighted by Gasteiger charge is -2.63. The second kappa shape index (κ2) is 10.6. The Bertz CT molecular complexity index is 848. The number of hydrogen-bond acceptors (Lipinski definition) is 2. The third-order valence-corrected chi connectivity index (χ3v) is 14.8. The van der Waals surface area contributed by atoms with Crippen molar-refractivity contribution in [3.8, 4) is 0 Å². The normalized spacial score (nSPS) is 49.3. The van der Waals surface area contributed by atoms with E-state index in [4.69, 9.17) is 0 Å². The molecule has 0 heterocycles. The van der Waals surface area contributed by atoms with Crippen LogP contribution in [0.3, 0.4) is 0 Å². The van der Waals surface area contributed by atoms with Crippen LogP contribution in [0.4, 0.5) is 0 Å². The molecule has 5 saturated carbocycles. The van der Waals surface area contributed by atoms with Gasteiger partial charge in [0.15, 0.2) is 0 Å². The Kier molecular flexibility index (Phi) is 8.24. The van der Waals surface area contributed by atoms with Crippen LogP contribution in [-0.2, 0) is 0 Å². The highest BCUT2D eigenvalue weighted by Gasteiger charge is 2.62. The van der Waals surface area contributed by atoms with E-state index in [1.54, 1.807) is 0 Å². The van der Waals surface area contributed by atoms with Gasteiger partial charge in [-0.15, -0.1) is 0 Å². The molecule has 0 aromatic rings. The summed E-state index contributed by atoms with van der Waals surface area (Å²) in [6, 6.07) is 0. The number of fused-ring (bicyclic) bond motifs is 5. The highest BCUT2D eigenvalue weighted by Crippen LogP contribution is 2.69.